The topological polar surface area (TPSA) is 81.4 Å². The lowest BCUT2D eigenvalue weighted by Crippen LogP contribution is -2.33. The van der Waals surface area contributed by atoms with E-state index in [4.69, 9.17) is 22.1 Å². The Hall–Kier alpha value is -1.59. The lowest BCUT2D eigenvalue weighted by atomic mass is 9.98. The van der Waals surface area contributed by atoms with Gasteiger partial charge < -0.3 is 15.8 Å². The summed E-state index contributed by atoms with van der Waals surface area (Å²) >= 11 is 5.98. The van der Waals surface area contributed by atoms with Crippen LogP contribution in [0, 0.1) is 5.92 Å². The van der Waals surface area contributed by atoms with Crippen molar-refractivity contribution < 1.29 is 14.3 Å². The van der Waals surface area contributed by atoms with Gasteiger partial charge in [-0.2, -0.15) is 0 Å². The first-order chi connectivity index (χ1) is 10.9. The van der Waals surface area contributed by atoms with Gasteiger partial charge in [-0.25, -0.2) is 4.79 Å². The molecular weight excluding hydrogens is 316 g/mol. The van der Waals surface area contributed by atoms with Crippen LogP contribution in [0.2, 0.25) is 5.02 Å². The number of hydrogen-bond acceptors (Lipinski definition) is 4. The Kier molecular flexibility index (Phi) is 8.66. The molecular formula is C17H25ClN2O3. The molecule has 128 valence electrons. The highest BCUT2D eigenvalue weighted by atomic mass is 35.5. The Balaban J connectivity index is 2.13. The number of alkyl carbamates (subject to hydrolysis) is 1. The van der Waals surface area contributed by atoms with E-state index in [1.807, 2.05) is 32.0 Å². The monoisotopic (exact) mass is 340 g/mol. The highest BCUT2D eigenvalue weighted by Crippen LogP contribution is 2.15. The van der Waals surface area contributed by atoms with Gasteiger partial charge in [-0.1, -0.05) is 43.6 Å². The molecule has 0 saturated heterocycles. The number of Topliss-reactive ketones (excluding diaryl/α,β-unsaturated/α-hetero) is 1. The molecule has 0 aliphatic rings. The molecule has 23 heavy (non-hydrogen) atoms. The molecule has 1 aromatic carbocycles. The minimum atomic E-state index is -0.479. The van der Waals surface area contributed by atoms with Crippen LogP contribution in [0.15, 0.2) is 24.3 Å². The quantitative estimate of drug-likeness (QED) is 0.676. The number of halogens is 1. The number of nitrogens with one attached hydrogen (secondary N) is 1. The molecule has 1 aromatic rings. The summed E-state index contributed by atoms with van der Waals surface area (Å²) in [7, 11) is 0. The molecule has 5 nitrogen and oxygen atoms in total. The molecule has 6 heteroatoms. The van der Waals surface area contributed by atoms with E-state index in [2.05, 4.69) is 5.32 Å². The summed E-state index contributed by atoms with van der Waals surface area (Å²) in [6, 6.07) is 6.80. The van der Waals surface area contributed by atoms with Gasteiger partial charge in [-0.3, -0.25) is 4.79 Å². The van der Waals surface area contributed by atoms with E-state index in [9.17, 15) is 9.59 Å². The number of rotatable bonds is 9. The van der Waals surface area contributed by atoms with E-state index in [-0.39, 0.29) is 18.3 Å². The molecule has 0 aromatic heterocycles. The Morgan fingerprint density at radius 1 is 1.26 bits per heavy atom. The van der Waals surface area contributed by atoms with E-state index in [0.717, 1.165) is 18.4 Å². The molecule has 1 rings (SSSR count). The predicted octanol–water partition coefficient (Wildman–Crippen LogP) is 3.29. The highest BCUT2D eigenvalue weighted by molar-refractivity contribution is 6.31. The number of hydrogen-bond donors (Lipinski definition) is 2. The average molecular weight is 341 g/mol. The first-order valence-corrected chi connectivity index (χ1v) is 8.23. The van der Waals surface area contributed by atoms with E-state index < -0.39 is 12.1 Å². The maximum Gasteiger partial charge on any atom is 0.407 e. The minimum absolute atomic E-state index is 0.0390. The average Bonchev–Trinajstić information content (AvgIpc) is 2.52. The van der Waals surface area contributed by atoms with Crippen molar-refractivity contribution >= 4 is 23.5 Å². The number of unbranched alkanes of at least 4 members (excludes halogenated alkanes) is 1. The summed E-state index contributed by atoms with van der Waals surface area (Å²) in [6.07, 6.45) is 1.69. The van der Waals surface area contributed by atoms with Crippen LogP contribution in [0.25, 0.3) is 0 Å². The Morgan fingerprint density at radius 3 is 2.61 bits per heavy atom. The van der Waals surface area contributed by atoms with Crippen molar-refractivity contribution in [2.45, 2.75) is 45.8 Å². The number of carbonyl (C=O) groups excluding carboxylic acids is 2. The number of ketones is 1. The smallest absolute Gasteiger partial charge is 0.407 e. The third kappa shape index (κ3) is 7.48. The second kappa shape index (κ2) is 10.2. The standard InChI is InChI=1S/C17H25ClN2O3/c1-12(2)16(21)15(19)9-5-6-10-20-17(22)23-11-13-7-3-4-8-14(13)18/h3-4,7-8,12,15H,5-6,9-11,19H2,1-2H3,(H,20,22)/t15-/m0/s1. The third-order valence-electron chi connectivity index (χ3n) is 3.46. The van der Waals surface area contributed by atoms with Gasteiger partial charge in [0, 0.05) is 23.0 Å². The molecule has 0 bridgehead atoms. The van der Waals surface area contributed by atoms with Gasteiger partial charge >= 0.3 is 6.09 Å². The van der Waals surface area contributed by atoms with E-state index >= 15 is 0 Å². The number of ether oxygens (including phenoxy) is 1. The van der Waals surface area contributed by atoms with Gasteiger partial charge in [0.15, 0.2) is 5.78 Å². The van der Waals surface area contributed by atoms with Crippen molar-refractivity contribution in [1.82, 2.24) is 5.32 Å². The van der Waals surface area contributed by atoms with Gasteiger partial charge in [-0.05, 0) is 25.3 Å². The zero-order valence-electron chi connectivity index (χ0n) is 13.7. The van der Waals surface area contributed by atoms with Crippen LogP contribution in [0.1, 0.15) is 38.7 Å². The second-order valence-corrected chi connectivity index (χ2v) is 6.16. The Morgan fingerprint density at radius 2 is 1.96 bits per heavy atom. The highest BCUT2D eigenvalue weighted by Gasteiger charge is 2.16. The number of carbonyl (C=O) groups is 2. The summed E-state index contributed by atoms with van der Waals surface area (Å²) in [5.74, 6) is 0.0417. The van der Waals surface area contributed by atoms with Gasteiger partial charge in [0.1, 0.15) is 6.61 Å². The van der Waals surface area contributed by atoms with Crippen LogP contribution in [0.5, 0.6) is 0 Å². The molecule has 0 saturated carbocycles. The fourth-order valence-electron chi connectivity index (χ4n) is 2.06. The molecule has 0 fully saturated rings. The van der Waals surface area contributed by atoms with Crippen LogP contribution in [0.3, 0.4) is 0 Å². The zero-order valence-corrected chi connectivity index (χ0v) is 14.4. The molecule has 0 heterocycles. The van der Waals surface area contributed by atoms with Crippen LogP contribution < -0.4 is 11.1 Å². The fourth-order valence-corrected chi connectivity index (χ4v) is 2.25. The van der Waals surface area contributed by atoms with E-state index in [1.165, 1.54) is 0 Å². The summed E-state index contributed by atoms with van der Waals surface area (Å²) in [4.78, 5) is 23.2. The fraction of sp³-hybridized carbons (Fsp3) is 0.529. The minimum Gasteiger partial charge on any atom is -0.445 e. The molecule has 0 unspecified atom stereocenters. The van der Waals surface area contributed by atoms with Crippen molar-refractivity contribution in [3.63, 3.8) is 0 Å². The normalized spacial score (nSPS) is 12.0. The zero-order chi connectivity index (χ0) is 17.2. The van der Waals surface area contributed by atoms with Gasteiger partial charge in [-0.15, -0.1) is 0 Å². The maximum atomic E-state index is 11.6. The van der Waals surface area contributed by atoms with Crippen molar-refractivity contribution in [2.75, 3.05) is 6.54 Å². The van der Waals surface area contributed by atoms with Crippen molar-refractivity contribution in [1.29, 1.82) is 0 Å². The summed E-state index contributed by atoms with van der Waals surface area (Å²) < 4.78 is 5.09. The molecule has 0 spiro atoms. The molecule has 1 atom stereocenters. The van der Waals surface area contributed by atoms with Crippen LogP contribution in [0.4, 0.5) is 4.79 Å². The van der Waals surface area contributed by atoms with Crippen LogP contribution in [-0.4, -0.2) is 24.5 Å². The van der Waals surface area contributed by atoms with Gasteiger partial charge in [0.2, 0.25) is 0 Å². The molecule has 1 amide bonds. The SMILES string of the molecule is CC(C)C(=O)[C@@H](N)CCCCNC(=O)OCc1ccccc1Cl. The first-order valence-electron chi connectivity index (χ1n) is 7.85. The van der Waals surface area contributed by atoms with Crippen molar-refractivity contribution in [3.8, 4) is 0 Å². The summed E-state index contributed by atoms with van der Waals surface area (Å²) in [6.45, 7) is 4.32. The lowest BCUT2D eigenvalue weighted by Gasteiger charge is -2.13. The Labute approximate surface area is 142 Å². The third-order valence-corrected chi connectivity index (χ3v) is 3.83. The lowest BCUT2D eigenvalue weighted by molar-refractivity contribution is -0.123. The second-order valence-electron chi connectivity index (χ2n) is 5.75. The molecule has 3 N–H and O–H groups in total. The van der Waals surface area contributed by atoms with Crippen LogP contribution >= 0.6 is 11.6 Å². The van der Waals surface area contributed by atoms with Gasteiger partial charge in [0.25, 0.3) is 0 Å². The Bertz CT molecular complexity index is 520. The predicted molar refractivity (Wildman–Crippen MR) is 91.3 cm³/mol. The first kappa shape index (κ1) is 19.5. The number of benzene rings is 1. The summed E-state index contributed by atoms with van der Waals surface area (Å²) in [5.41, 5.74) is 6.58. The van der Waals surface area contributed by atoms with E-state index in [0.29, 0.717) is 18.0 Å². The van der Waals surface area contributed by atoms with Crippen molar-refractivity contribution in [2.24, 2.45) is 11.7 Å². The van der Waals surface area contributed by atoms with Crippen LogP contribution in [-0.2, 0) is 16.1 Å². The van der Waals surface area contributed by atoms with E-state index in [1.54, 1.807) is 6.07 Å². The van der Waals surface area contributed by atoms with Crippen molar-refractivity contribution in [3.05, 3.63) is 34.9 Å². The molecule has 0 aliphatic carbocycles. The van der Waals surface area contributed by atoms with Gasteiger partial charge in [0.05, 0.1) is 6.04 Å². The largest absolute Gasteiger partial charge is 0.445 e. The maximum absolute atomic E-state index is 11.6. The number of nitrogens with two attached hydrogens (primary N) is 1. The molecule has 0 aliphatic heterocycles. The number of amides is 1. The summed E-state index contributed by atoms with van der Waals surface area (Å²) in [5, 5.41) is 3.24. The molecule has 0 radical (unpaired) electrons.